The van der Waals surface area contributed by atoms with Crippen LogP contribution in [0.1, 0.15) is 93.1 Å². The van der Waals surface area contributed by atoms with Gasteiger partial charge in [-0.1, -0.05) is 54.4 Å². The van der Waals surface area contributed by atoms with E-state index in [2.05, 4.69) is 12.7 Å². The van der Waals surface area contributed by atoms with Gasteiger partial charge in [-0.25, -0.2) is 9.18 Å². The van der Waals surface area contributed by atoms with E-state index >= 15 is 0 Å². The van der Waals surface area contributed by atoms with Gasteiger partial charge in [0.25, 0.3) is 0 Å². The number of aldehydes is 1. The van der Waals surface area contributed by atoms with Gasteiger partial charge in [-0.05, 0) is 112 Å². The minimum Gasteiger partial charge on any atom is -0.459 e. The molecule has 1 saturated carbocycles. The van der Waals surface area contributed by atoms with Crippen LogP contribution in [0.4, 0.5) is 9.18 Å². The Morgan fingerprint density at radius 3 is 2.42 bits per heavy atom. The molecule has 11 nitrogen and oxygen atoms in total. The molecule has 59 heavy (non-hydrogen) atoms. The van der Waals surface area contributed by atoms with Crippen molar-refractivity contribution in [2.45, 2.75) is 95.6 Å². The van der Waals surface area contributed by atoms with Gasteiger partial charge in [0.05, 0.1) is 25.3 Å². The molecule has 1 aliphatic heterocycles. The van der Waals surface area contributed by atoms with E-state index < -0.39 is 35.3 Å². The van der Waals surface area contributed by atoms with E-state index in [0.29, 0.717) is 46.9 Å². The van der Waals surface area contributed by atoms with E-state index in [0.717, 1.165) is 43.1 Å². The molecule has 1 amide bonds. The second-order valence-corrected chi connectivity index (χ2v) is 16.5. The Hall–Kier alpha value is -5.04. The molecule has 1 fully saturated rings. The Morgan fingerprint density at radius 2 is 1.75 bits per heavy atom. The number of hydrogen-bond donors (Lipinski definition) is 2. The Morgan fingerprint density at radius 1 is 1.02 bits per heavy atom. The monoisotopic (exact) mass is 812 g/mol. The van der Waals surface area contributed by atoms with Crippen molar-refractivity contribution in [3.05, 3.63) is 114 Å². The van der Waals surface area contributed by atoms with Crippen molar-refractivity contribution in [3.63, 3.8) is 0 Å². The van der Waals surface area contributed by atoms with Gasteiger partial charge < -0.3 is 34.0 Å². The molecule has 6 atom stereocenters. The van der Waals surface area contributed by atoms with Crippen LogP contribution >= 0.6 is 0 Å². The van der Waals surface area contributed by atoms with Crippen molar-refractivity contribution in [2.75, 3.05) is 26.9 Å². The molecule has 3 aromatic carbocycles. The molecule has 12 heteroatoms. The fourth-order valence-corrected chi connectivity index (χ4v) is 8.90. The molecule has 3 aliphatic rings. The number of allylic oxidation sites excluding steroid dienone is 1. The third-order valence-corrected chi connectivity index (χ3v) is 11.4. The van der Waals surface area contributed by atoms with E-state index in [1.807, 2.05) is 39.0 Å². The zero-order chi connectivity index (χ0) is 42.2. The van der Waals surface area contributed by atoms with Crippen LogP contribution in [0.15, 0.2) is 96.2 Å². The fraction of sp³-hybridized carbons (Fsp3) is 0.468. The third kappa shape index (κ3) is 9.88. The van der Waals surface area contributed by atoms with Gasteiger partial charge in [0.2, 0.25) is 5.79 Å². The summed E-state index contributed by atoms with van der Waals surface area (Å²) in [5.74, 6) is -1.15. The highest BCUT2D eigenvalue weighted by Crippen LogP contribution is 2.62. The van der Waals surface area contributed by atoms with Crippen LogP contribution in [-0.4, -0.2) is 77.6 Å². The van der Waals surface area contributed by atoms with E-state index in [1.165, 1.54) is 19.2 Å². The zero-order valence-electron chi connectivity index (χ0n) is 34.5. The van der Waals surface area contributed by atoms with Gasteiger partial charge in [-0.3, -0.25) is 9.69 Å². The van der Waals surface area contributed by atoms with Gasteiger partial charge in [0, 0.05) is 43.2 Å². The predicted molar refractivity (Wildman–Crippen MR) is 222 cm³/mol. The van der Waals surface area contributed by atoms with Crippen molar-refractivity contribution in [3.8, 4) is 17.2 Å². The number of methoxy groups -OCH3 is 1. The lowest BCUT2D eigenvalue weighted by Crippen LogP contribution is -2.70. The van der Waals surface area contributed by atoms with E-state index in [9.17, 15) is 24.2 Å². The van der Waals surface area contributed by atoms with Crippen LogP contribution in [0.25, 0.3) is 0 Å². The predicted octanol–water partition coefficient (Wildman–Crippen LogP) is 9.13. The summed E-state index contributed by atoms with van der Waals surface area (Å²) in [6, 6.07) is 17.7. The number of nitrogens with zero attached hydrogens (tertiary/aromatic N) is 2. The van der Waals surface area contributed by atoms with Crippen LogP contribution in [0.2, 0.25) is 0 Å². The maximum Gasteiger partial charge on any atom is 0.410 e. The quantitative estimate of drug-likeness (QED) is 0.0558. The third-order valence-electron chi connectivity index (χ3n) is 11.4. The normalized spacial score (nSPS) is 23.9. The van der Waals surface area contributed by atoms with Gasteiger partial charge in [0.1, 0.15) is 41.0 Å². The Kier molecular flexibility index (Phi) is 14.3. The van der Waals surface area contributed by atoms with Gasteiger partial charge >= 0.3 is 6.09 Å². The standard InChI is InChI=1S/C47H57FN2O9/c1-6-24-56-47-42(50(45(54)55-5)29-31-16-18-34(48)19-17-31)28-40(49-59-46(2,3)4)38-26-33(13-7-9-22-51)37(15-8-10-23-52)43(44(38)47)39-27-36(20-21-41(39)58-47)57-35-14-11-12-32(25-35)30-53/h6,11-12,14,16-21,25-27,30,33,37,42-44,51-52H,1,7-10,13,15,22-24,28-29H2,2-5H3. The molecule has 0 bridgehead atoms. The number of oxime groups is 1. The molecule has 1 heterocycles. The Labute approximate surface area is 346 Å². The summed E-state index contributed by atoms with van der Waals surface area (Å²) in [7, 11) is 1.32. The highest BCUT2D eigenvalue weighted by molar-refractivity contribution is 6.03. The second kappa shape index (κ2) is 19.4. The Balaban J connectivity index is 1.61. The molecule has 0 spiro atoms. The van der Waals surface area contributed by atoms with Gasteiger partial charge in [-0.2, -0.15) is 0 Å². The number of amides is 1. The van der Waals surface area contributed by atoms with Crippen molar-refractivity contribution < 1.29 is 48.0 Å². The molecular weight excluding hydrogens is 756 g/mol. The SMILES string of the molecule is C=CCOC12Oc3ccc(Oc4cccc(C=O)c4)cc3C3C(CCCCO)C(CCCCO)C=C(C(=NOC(C)(C)C)CC1N(Cc1ccc(F)cc1)C(=O)OC)C32. The first-order chi connectivity index (χ1) is 28.4. The van der Waals surface area contributed by atoms with Crippen LogP contribution < -0.4 is 9.47 Å². The molecule has 6 rings (SSSR count). The fourth-order valence-electron chi connectivity index (χ4n) is 8.90. The topological polar surface area (TPSA) is 136 Å². The number of fused-ring (bicyclic) bond motifs is 2. The number of halogens is 1. The van der Waals surface area contributed by atoms with Gasteiger partial charge in [0.15, 0.2) is 0 Å². The molecule has 0 aromatic heterocycles. The molecule has 2 N–H and O–H groups in total. The number of benzene rings is 3. The average molecular weight is 813 g/mol. The molecule has 0 radical (unpaired) electrons. The van der Waals surface area contributed by atoms with E-state index in [1.54, 1.807) is 47.4 Å². The lowest BCUT2D eigenvalue weighted by atomic mass is 9.55. The van der Waals surface area contributed by atoms with Crippen LogP contribution in [-0.2, 0) is 20.9 Å². The summed E-state index contributed by atoms with van der Waals surface area (Å²) in [6.07, 6.45) is 8.60. The highest BCUT2D eigenvalue weighted by atomic mass is 19.1. The number of carbonyl (C=O) groups excluding carboxylic acids is 2. The minimum atomic E-state index is -1.52. The molecule has 3 aromatic rings. The maximum absolute atomic E-state index is 14.2. The lowest BCUT2D eigenvalue weighted by molar-refractivity contribution is -0.256. The smallest absolute Gasteiger partial charge is 0.410 e. The van der Waals surface area contributed by atoms with E-state index in [4.69, 9.17) is 28.9 Å². The molecule has 0 saturated heterocycles. The van der Waals surface area contributed by atoms with Crippen molar-refractivity contribution >= 4 is 18.1 Å². The van der Waals surface area contributed by atoms with Crippen LogP contribution in [0.5, 0.6) is 17.2 Å². The summed E-state index contributed by atoms with van der Waals surface area (Å²) in [5, 5.41) is 24.6. The number of hydrogen-bond acceptors (Lipinski definition) is 10. The minimum absolute atomic E-state index is 0.0100. The largest absolute Gasteiger partial charge is 0.459 e. The summed E-state index contributed by atoms with van der Waals surface area (Å²) < 4.78 is 40.3. The van der Waals surface area contributed by atoms with E-state index in [-0.39, 0.29) is 50.5 Å². The Bertz CT molecular complexity index is 1990. The first-order valence-corrected chi connectivity index (χ1v) is 20.5. The first kappa shape index (κ1) is 43.5. The number of rotatable bonds is 18. The lowest BCUT2D eigenvalue weighted by Gasteiger charge is -2.59. The van der Waals surface area contributed by atoms with Crippen LogP contribution in [0.3, 0.4) is 0 Å². The summed E-state index contributed by atoms with van der Waals surface area (Å²) in [4.78, 5) is 33.5. The van der Waals surface area contributed by atoms with Crippen molar-refractivity contribution in [1.82, 2.24) is 4.90 Å². The number of aliphatic hydroxyl groups is 2. The first-order valence-electron chi connectivity index (χ1n) is 20.5. The number of unbranched alkanes of at least 4 members (excludes halogenated alkanes) is 2. The highest BCUT2D eigenvalue weighted by Gasteiger charge is 2.65. The maximum atomic E-state index is 14.2. The average Bonchev–Trinajstić information content (AvgIpc) is 3.23. The summed E-state index contributed by atoms with van der Waals surface area (Å²) in [6.45, 7) is 10.0. The summed E-state index contributed by atoms with van der Waals surface area (Å²) >= 11 is 0. The van der Waals surface area contributed by atoms with Crippen LogP contribution in [0, 0.1) is 23.6 Å². The van der Waals surface area contributed by atoms with Gasteiger partial charge in [-0.15, -0.1) is 6.58 Å². The molecule has 316 valence electrons. The number of aliphatic hydroxyl groups excluding tert-OH is 2. The molecule has 2 aliphatic carbocycles. The molecular formula is C47H57FN2O9. The molecule has 6 unspecified atom stereocenters. The summed E-state index contributed by atoms with van der Waals surface area (Å²) in [5.41, 5.74) is 2.91. The van der Waals surface area contributed by atoms with Crippen molar-refractivity contribution in [1.29, 1.82) is 0 Å². The number of ether oxygens (including phenoxy) is 4. The number of carbonyl (C=O) groups is 2. The zero-order valence-corrected chi connectivity index (χ0v) is 34.5. The second-order valence-electron chi connectivity index (χ2n) is 16.5. The van der Waals surface area contributed by atoms with Crippen molar-refractivity contribution in [2.24, 2.45) is 22.9 Å².